The molecule has 1 aromatic carbocycles. The van der Waals surface area contributed by atoms with Crippen LogP contribution in [0, 0.1) is 25.6 Å². The van der Waals surface area contributed by atoms with E-state index in [0.29, 0.717) is 24.5 Å². The third kappa shape index (κ3) is 2.85. The number of ether oxygens (including phenoxy) is 1. The number of halogens is 1. The molecule has 94 valence electrons. The van der Waals surface area contributed by atoms with Gasteiger partial charge in [0.25, 0.3) is 0 Å². The van der Waals surface area contributed by atoms with Crippen LogP contribution in [0.25, 0.3) is 0 Å². The van der Waals surface area contributed by atoms with Crippen LogP contribution in [0.2, 0.25) is 0 Å². The summed E-state index contributed by atoms with van der Waals surface area (Å²) in [6.07, 6.45) is 0.826. The molecule has 0 bridgehead atoms. The van der Waals surface area contributed by atoms with Gasteiger partial charge in [-0.2, -0.15) is 0 Å². The summed E-state index contributed by atoms with van der Waals surface area (Å²) >= 11 is 0. The van der Waals surface area contributed by atoms with Gasteiger partial charge in [-0.1, -0.05) is 6.07 Å². The van der Waals surface area contributed by atoms with Gasteiger partial charge in [-0.15, -0.1) is 0 Å². The van der Waals surface area contributed by atoms with Crippen molar-refractivity contribution in [1.29, 1.82) is 0 Å². The lowest BCUT2D eigenvalue weighted by atomic mass is 9.92. The average Bonchev–Trinajstić information content (AvgIpc) is 2.68. The van der Waals surface area contributed by atoms with E-state index in [1.807, 2.05) is 19.9 Å². The van der Waals surface area contributed by atoms with Crippen molar-refractivity contribution in [2.24, 2.45) is 5.92 Å². The molecular formula is C14H19FO2. The number of aliphatic hydroxyl groups excluding tert-OH is 1. The predicted octanol–water partition coefficient (Wildman–Crippen LogP) is 2.90. The molecule has 0 amide bonds. The highest BCUT2D eigenvalue weighted by molar-refractivity contribution is 5.33. The Morgan fingerprint density at radius 1 is 1.47 bits per heavy atom. The first kappa shape index (κ1) is 12.5. The molecule has 1 saturated heterocycles. The average molecular weight is 238 g/mol. The molecule has 0 radical (unpaired) electrons. The van der Waals surface area contributed by atoms with Gasteiger partial charge < -0.3 is 9.84 Å². The van der Waals surface area contributed by atoms with Gasteiger partial charge in [0.15, 0.2) is 0 Å². The summed E-state index contributed by atoms with van der Waals surface area (Å²) < 4.78 is 19.1. The Morgan fingerprint density at radius 3 is 2.82 bits per heavy atom. The van der Waals surface area contributed by atoms with Crippen molar-refractivity contribution < 1.29 is 14.2 Å². The molecule has 1 aliphatic rings. The SMILES string of the molecule is Cc1cc(C)c(C(O)CC2CCOC2)c(F)c1. The van der Waals surface area contributed by atoms with Gasteiger partial charge >= 0.3 is 0 Å². The summed E-state index contributed by atoms with van der Waals surface area (Å²) in [6.45, 7) is 5.15. The summed E-state index contributed by atoms with van der Waals surface area (Å²) in [4.78, 5) is 0. The van der Waals surface area contributed by atoms with Crippen LogP contribution < -0.4 is 0 Å². The maximum absolute atomic E-state index is 13.8. The molecule has 1 N–H and O–H groups in total. The first-order chi connectivity index (χ1) is 8.08. The Hall–Kier alpha value is -0.930. The highest BCUT2D eigenvalue weighted by Crippen LogP contribution is 2.30. The largest absolute Gasteiger partial charge is 0.388 e. The molecule has 1 heterocycles. The van der Waals surface area contributed by atoms with Gasteiger partial charge in [0.05, 0.1) is 6.10 Å². The molecule has 1 fully saturated rings. The van der Waals surface area contributed by atoms with Gasteiger partial charge in [-0.25, -0.2) is 4.39 Å². The molecule has 0 aromatic heterocycles. The van der Waals surface area contributed by atoms with Crippen molar-refractivity contribution in [3.63, 3.8) is 0 Å². The third-order valence-electron chi connectivity index (χ3n) is 3.39. The van der Waals surface area contributed by atoms with E-state index >= 15 is 0 Å². The molecule has 2 rings (SSSR count). The van der Waals surface area contributed by atoms with Crippen molar-refractivity contribution in [3.8, 4) is 0 Å². The zero-order valence-electron chi connectivity index (χ0n) is 10.4. The number of aryl methyl sites for hydroxylation is 2. The maximum atomic E-state index is 13.8. The molecule has 17 heavy (non-hydrogen) atoms. The van der Waals surface area contributed by atoms with E-state index in [4.69, 9.17) is 4.74 Å². The fraction of sp³-hybridized carbons (Fsp3) is 0.571. The van der Waals surface area contributed by atoms with Crippen molar-refractivity contribution in [2.45, 2.75) is 32.8 Å². The second-order valence-corrected chi connectivity index (χ2v) is 4.96. The van der Waals surface area contributed by atoms with Gasteiger partial charge in [-0.3, -0.25) is 0 Å². The molecule has 0 spiro atoms. The molecule has 2 nitrogen and oxygen atoms in total. The van der Waals surface area contributed by atoms with Gasteiger partial charge in [0.2, 0.25) is 0 Å². The summed E-state index contributed by atoms with van der Waals surface area (Å²) in [5.41, 5.74) is 2.16. The van der Waals surface area contributed by atoms with E-state index < -0.39 is 6.10 Å². The highest BCUT2D eigenvalue weighted by atomic mass is 19.1. The smallest absolute Gasteiger partial charge is 0.129 e. The Kier molecular flexibility index (Phi) is 3.79. The molecule has 3 heteroatoms. The molecule has 1 aliphatic heterocycles. The van der Waals surface area contributed by atoms with E-state index in [0.717, 1.165) is 24.2 Å². The summed E-state index contributed by atoms with van der Waals surface area (Å²) in [7, 11) is 0. The maximum Gasteiger partial charge on any atom is 0.129 e. The van der Waals surface area contributed by atoms with Gasteiger partial charge in [0.1, 0.15) is 5.82 Å². The van der Waals surface area contributed by atoms with Crippen LogP contribution >= 0.6 is 0 Å². The number of rotatable bonds is 3. The Morgan fingerprint density at radius 2 is 2.24 bits per heavy atom. The van der Waals surface area contributed by atoms with Crippen LogP contribution in [0.5, 0.6) is 0 Å². The number of hydrogen-bond donors (Lipinski definition) is 1. The fourth-order valence-corrected chi connectivity index (χ4v) is 2.55. The molecule has 0 saturated carbocycles. The lowest BCUT2D eigenvalue weighted by Crippen LogP contribution is -2.10. The van der Waals surface area contributed by atoms with Crippen LogP contribution in [0.4, 0.5) is 4.39 Å². The summed E-state index contributed by atoms with van der Waals surface area (Å²) in [6, 6.07) is 3.39. The normalized spacial score (nSPS) is 21.8. The minimum absolute atomic E-state index is 0.297. The number of hydrogen-bond acceptors (Lipinski definition) is 2. The third-order valence-corrected chi connectivity index (χ3v) is 3.39. The molecule has 1 aromatic rings. The van der Waals surface area contributed by atoms with Crippen molar-refractivity contribution in [3.05, 3.63) is 34.6 Å². The second kappa shape index (κ2) is 5.15. The predicted molar refractivity (Wildman–Crippen MR) is 64.4 cm³/mol. The van der Waals surface area contributed by atoms with Crippen molar-refractivity contribution in [1.82, 2.24) is 0 Å². The lowest BCUT2D eigenvalue weighted by molar-refractivity contribution is 0.126. The Balaban J connectivity index is 2.15. The number of aliphatic hydroxyl groups is 1. The van der Waals surface area contributed by atoms with Crippen molar-refractivity contribution >= 4 is 0 Å². The first-order valence-electron chi connectivity index (χ1n) is 6.10. The Labute approximate surface area is 101 Å². The minimum Gasteiger partial charge on any atom is -0.388 e. The van der Waals surface area contributed by atoms with Crippen LogP contribution in [0.3, 0.4) is 0 Å². The zero-order chi connectivity index (χ0) is 12.4. The molecule has 2 unspecified atom stereocenters. The quantitative estimate of drug-likeness (QED) is 0.877. The fourth-order valence-electron chi connectivity index (χ4n) is 2.55. The van der Waals surface area contributed by atoms with Gasteiger partial charge in [0, 0.05) is 18.8 Å². The standard InChI is InChI=1S/C14H19FO2/c1-9-5-10(2)14(12(15)6-9)13(16)7-11-3-4-17-8-11/h5-6,11,13,16H,3-4,7-8H2,1-2H3. The van der Waals surface area contributed by atoms with E-state index in [9.17, 15) is 9.50 Å². The zero-order valence-corrected chi connectivity index (χ0v) is 10.4. The monoisotopic (exact) mass is 238 g/mol. The van der Waals surface area contributed by atoms with E-state index in [-0.39, 0.29) is 5.82 Å². The lowest BCUT2D eigenvalue weighted by Gasteiger charge is -2.18. The summed E-state index contributed by atoms with van der Waals surface area (Å²) in [5, 5.41) is 10.1. The van der Waals surface area contributed by atoms with Crippen LogP contribution in [0.15, 0.2) is 12.1 Å². The number of benzene rings is 1. The highest BCUT2D eigenvalue weighted by Gasteiger charge is 2.23. The van der Waals surface area contributed by atoms with E-state index in [1.165, 1.54) is 6.07 Å². The van der Waals surface area contributed by atoms with E-state index in [2.05, 4.69) is 0 Å². The van der Waals surface area contributed by atoms with Gasteiger partial charge in [-0.05, 0) is 49.8 Å². The second-order valence-electron chi connectivity index (χ2n) is 4.96. The molecule has 0 aliphatic carbocycles. The molecule has 2 atom stereocenters. The summed E-state index contributed by atoms with van der Waals surface area (Å²) in [5.74, 6) is 0.0546. The molecular weight excluding hydrogens is 219 g/mol. The van der Waals surface area contributed by atoms with E-state index in [1.54, 1.807) is 0 Å². The minimum atomic E-state index is -0.720. The first-order valence-corrected chi connectivity index (χ1v) is 6.10. The van der Waals surface area contributed by atoms with Crippen molar-refractivity contribution in [2.75, 3.05) is 13.2 Å². The van der Waals surface area contributed by atoms with Crippen LogP contribution in [0.1, 0.15) is 35.6 Å². The van der Waals surface area contributed by atoms with Crippen LogP contribution in [-0.4, -0.2) is 18.3 Å². The Bertz CT molecular complexity index is 374. The topological polar surface area (TPSA) is 29.5 Å². The van der Waals surface area contributed by atoms with Crippen LogP contribution in [-0.2, 0) is 4.74 Å².